The Morgan fingerprint density at radius 3 is 1.15 bits per heavy atom. The molecule has 0 aromatic heterocycles. The number of esters is 3. The number of rotatable bonds is 58. The number of carboxylic acid groups (broad SMARTS) is 1. The molecule has 0 aliphatic carbocycles. The highest BCUT2D eigenvalue weighted by atomic mass is 16.7. The highest BCUT2D eigenvalue weighted by Crippen LogP contribution is 2.27. The zero-order valence-electron chi connectivity index (χ0n) is 54.7. The minimum absolute atomic E-state index is 0.0429. The summed E-state index contributed by atoms with van der Waals surface area (Å²) in [6, 6.07) is 0. The fourth-order valence-corrected chi connectivity index (χ4v) is 9.75. The quantitative estimate of drug-likeness (QED) is 0.0228. The summed E-state index contributed by atoms with van der Waals surface area (Å²) in [6.07, 6.45) is 73.0. The first kappa shape index (κ1) is 80.1. The molecule has 494 valence electrons. The molecule has 1 fully saturated rings. The first-order valence-corrected chi connectivity index (χ1v) is 34.5. The second kappa shape index (κ2) is 61.4. The van der Waals surface area contributed by atoms with Crippen LogP contribution in [0.25, 0.3) is 0 Å². The molecule has 0 spiro atoms. The summed E-state index contributed by atoms with van der Waals surface area (Å²) in [5.41, 5.74) is 0. The predicted molar refractivity (Wildman–Crippen MR) is 358 cm³/mol. The fourth-order valence-electron chi connectivity index (χ4n) is 9.75. The van der Waals surface area contributed by atoms with Crippen LogP contribution in [0, 0.1) is 0 Å². The topological polar surface area (TPSA) is 175 Å². The zero-order valence-corrected chi connectivity index (χ0v) is 54.7. The molecular weight excluding hydrogens is 1090 g/mol. The summed E-state index contributed by atoms with van der Waals surface area (Å²) in [5, 5.41) is 31.7. The third-order valence-electron chi connectivity index (χ3n) is 15.0. The van der Waals surface area contributed by atoms with Gasteiger partial charge in [0.1, 0.15) is 18.8 Å². The van der Waals surface area contributed by atoms with E-state index in [1.807, 2.05) is 12.2 Å². The van der Waals surface area contributed by atoms with E-state index in [-0.39, 0.29) is 25.9 Å². The van der Waals surface area contributed by atoms with Gasteiger partial charge in [-0.3, -0.25) is 14.4 Å². The van der Waals surface area contributed by atoms with Crippen LogP contribution in [0.3, 0.4) is 0 Å². The van der Waals surface area contributed by atoms with E-state index in [0.717, 1.165) is 116 Å². The Bertz CT molecular complexity index is 1970. The molecule has 6 atom stereocenters. The van der Waals surface area contributed by atoms with Crippen LogP contribution in [-0.4, -0.2) is 89.2 Å². The van der Waals surface area contributed by atoms with Gasteiger partial charge in [-0.25, -0.2) is 4.79 Å². The van der Waals surface area contributed by atoms with Crippen molar-refractivity contribution < 1.29 is 58.2 Å². The molecule has 12 heteroatoms. The van der Waals surface area contributed by atoms with Crippen LogP contribution in [0.1, 0.15) is 278 Å². The van der Waals surface area contributed by atoms with Gasteiger partial charge < -0.3 is 39.0 Å². The number of carbonyl (C=O) groups is 4. The summed E-state index contributed by atoms with van der Waals surface area (Å²) in [6.45, 7) is 5.79. The van der Waals surface area contributed by atoms with Crippen LogP contribution in [0.15, 0.2) is 122 Å². The van der Waals surface area contributed by atoms with Gasteiger partial charge in [0.15, 0.2) is 24.6 Å². The van der Waals surface area contributed by atoms with Gasteiger partial charge in [0.2, 0.25) is 0 Å². The number of aliphatic hydroxyl groups excluding tert-OH is 2. The molecule has 0 radical (unpaired) electrons. The number of hydrogen-bond donors (Lipinski definition) is 3. The highest BCUT2D eigenvalue weighted by Gasteiger charge is 2.50. The number of unbranched alkanes of at least 4 members (excludes halogenated alkanes) is 24. The summed E-state index contributed by atoms with van der Waals surface area (Å²) in [5.74, 6) is -3.24. The van der Waals surface area contributed by atoms with Gasteiger partial charge in [-0.15, -0.1) is 0 Å². The number of carbonyl (C=O) groups excluding carboxylic acids is 3. The number of allylic oxidation sites excluding steroid dienone is 20. The Morgan fingerprint density at radius 1 is 0.391 bits per heavy atom. The first-order valence-electron chi connectivity index (χ1n) is 34.5. The van der Waals surface area contributed by atoms with Gasteiger partial charge in [0, 0.05) is 19.3 Å². The maximum atomic E-state index is 13.2. The van der Waals surface area contributed by atoms with Gasteiger partial charge in [-0.2, -0.15) is 0 Å². The van der Waals surface area contributed by atoms with E-state index in [0.29, 0.717) is 19.3 Å². The second-order valence-corrected chi connectivity index (χ2v) is 23.1. The molecule has 1 rings (SSSR count). The molecular formula is C75H122O12. The van der Waals surface area contributed by atoms with E-state index in [1.165, 1.54) is 103 Å². The average molecular weight is 1220 g/mol. The molecule has 0 aromatic rings. The second-order valence-electron chi connectivity index (χ2n) is 23.1. The SMILES string of the molecule is CC/C=C\C/C=C\C/C=C\C/C=C\C/C=C\C/C=C\CCC(=O)OCC(COC1OC(C(=O)O)C(O)C(O)C1OC(=O)CCCCCCCCCCC/C=C\C/C=C\CCCCC)OC(=O)CCCCCCCCCCC/C=C\C/C=C\CCCCC. The minimum atomic E-state index is -1.92. The van der Waals surface area contributed by atoms with Crippen molar-refractivity contribution in [3.8, 4) is 0 Å². The van der Waals surface area contributed by atoms with Crippen LogP contribution in [0.2, 0.25) is 0 Å². The Morgan fingerprint density at radius 2 is 0.747 bits per heavy atom. The Kier molecular flexibility index (Phi) is 56.5. The molecule has 3 N–H and O–H groups in total. The fraction of sp³-hybridized carbons (Fsp3) is 0.680. The lowest BCUT2D eigenvalue weighted by atomic mass is 9.98. The molecule has 1 aliphatic rings. The van der Waals surface area contributed by atoms with Gasteiger partial charge >= 0.3 is 23.9 Å². The average Bonchev–Trinajstić information content (AvgIpc) is 2.56. The van der Waals surface area contributed by atoms with Crippen LogP contribution in [0.5, 0.6) is 0 Å². The maximum absolute atomic E-state index is 13.2. The Balaban J connectivity index is 2.69. The van der Waals surface area contributed by atoms with Crippen molar-refractivity contribution >= 4 is 23.9 Å². The third kappa shape index (κ3) is 50.7. The molecule has 0 saturated carbocycles. The predicted octanol–water partition coefficient (Wildman–Crippen LogP) is 19.1. The van der Waals surface area contributed by atoms with Gasteiger partial charge in [0.25, 0.3) is 0 Å². The molecule has 1 heterocycles. The highest BCUT2D eigenvalue weighted by molar-refractivity contribution is 5.74. The third-order valence-corrected chi connectivity index (χ3v) is 15.0. The van der Waals surface area contributed by atoms with E-state index in [2.05, 4.69) is 130 Å². The van der Waals surface area contributed by atoms with Crippen molar-refractivity contribution in [3.63, 3.8) is 0 Å². The van der Waals surface area contributed by atoms with E-state index >= 15 is 0 Å². The molecule has 0 amide bonds. The van der Waals surface area contributed by atoms with Gasteiger partial charge in [-0.05, 0) is 122 Å². The molecule has 1 aliphatic heterocycles. The van der Waals surface area contributed by atoms with Crippen molar-refractivity contribution in [2.45, 2.75) is 314 Å². The number of hydrogen-bond acceptors (Lipinski definition) is 11. The lowest BCUT2D eigenvalue weighted by molar-refractivity contribution is -0.301. The summed E-state index contributed by atoms with van der Waals surface area (Å²) in [4.78, 5) is 51.4. The molecule has 1 saturated heterocycles. The molecule has 87 heavy (non-hydrogen) atoms. The number of aliphatic hydroxyl groups is 2. The van der Waals surface area contributed by atoms with Gasteiger partial charge in [-0.1, -0.05) is 258 Å². The molecule has 0 aromatic carbocycles. The van der Waals surface area contributed by atoms with E-state index in [1.54, 1.807) is 0 Å². The number of carboxylic acids is 1. The molecule has 0 bridgehead atoms. The zero-order chi connectivity index (χ0) is 63.1. The van der Waals surface area contributed by atoms with Crippen LogP contribution < -0.4 is 0 Å². The van der Waals surface area contributed by atoms with E-state index in [9.17, 15) is 34.5 Å². The van der Waals surface area contributed by atoms with Crippen molar-refractivity contribution in [1.82, 2.24) is 0 Å². The van der Waals surface area contributed by atoms with Crippen molar-refractivity contribution in [2.75, 3.05) is 13.2 Å². The smallest absolute Gasteiger partial charge is 0.335 e. The van der Waals surface area contributed by atoms with Crippen molar-refractivity contribution in [3.05, 3.63) is 122 Å². The minimum Gasteiger partial charge on any atom is -0.479 e. The Hall–Kier alpha value is -4.88. The first-order chi connectivity index (χ1) is 42.6. The van der Waals surface area contributed by atoms with Gasteiger partial charge in [0.05, 0.1) is 6.61 Å². The van der Waals surface area contributed by atoms with Crippen LogP contribution in [0.4, 0.5) is 0 Å². The lowest BCUT2D eigenvalue weighted by Crippen LogP contribution is -2.61. The summed E-state index contributed by atoms with van der Waals surface area (Å²) >= 11 is 0. The monoisotopic (exact) mass is 1210 g/mol. The van der Waals surface area contributed by atoms with E-state index < -0.39 is 67.3 Å². The molecule has 12 nitrogen and oxygen atoms in total. The van der Waals surface area contributed by atoms with Crippen LogP contribution in [-0.2, 0) is 42.9 Å². The Labute approximate surface area is 528 Å². The summed E-state index contributed by atoms with van der Waals surface area (Å²) < 4.78 is 28.5. The van der Waals surface area contributed by atoms with Crippen LogP contribution >= 0.6 is 0 Å². The summed E-state index contributed by atoms with van der Waals surface area (Å²) in [7, 11) is 0. The molecule has 6 unspecified atom stereocenters. The number of ether oxygens (including phenoxy) is 5. The van der Waals surface area contributed by atoms with Crippen molar-refractivity contribution in [2.24, 2.45) is 0 Å². The normalized spacial score (nSPS) is 18.1. The van der Waals surface area contributed by atoms with Crippen molar-refractivity contribution in [1.29, 1.82) is 0 Å². The lowest BCUT2D eigenvalue weighted by Gasteiger charge is -2.40. The number of aliphatic carboxylic acids is 1. The van der Waals surface area contributed by atoms with E-state index in [4.69, 9.17) is 23.7 Å². The largest absolute Gasteiger partial charge is 0.479 e. The maximum Gasteiger partial charge on any atom is 0.335 e. The standard InChI is InChI=1S/C75H122O12/c1-4-7-10-13-16-19-22-25-28-31-34-37-40-43-46-49-52-55-58-61-67(76)83-64-66(85-68(77)62-59-56-53-50-47-44-41-38-35-32-29-26-23-20-17-14-11-8-5-2)65-84-75-73(71(80)70(79)72(87-75)74(81)82)86-69(78)63-60-57-54-51-48-45-42-39-36-33-30-27-24-21-18-15-12-9-6-3/h7,10,16-21,25-30,34,37,43,46,52,55,66,70-73,75,79-80H,4-6,8-9,11-15,22-24,31-33,35-36,38-42,44-45,47-51,53-54,56-65H2,1-3H3,(H,81,82)/b10-7-,19-16-,20-17-,21-18-,28-25-,29-26-,30-27-,37-34-,46-43-,55-52-.